The fourth-order valence-electron chi connectivity index (χ4n) is 5.61. The normalized spacial score (nSPS) is 20.2. The second kappa shape index (κ2) is 9.88. The monoisotopic (exact) mass is 473 g/mol. The summed E-state index contributed by atoms with van der Waals surface area (Å²) >= 11 is 0. The molecule has 1 unspecified atom stereocenters. The summed E-state index contributed by atoms with van der Waals surface area (Å²) in [6.45, 7) is 6.99. The molecule has 1 atom stereocenters. The first-order valence-electron chi connectivity index (χ1n) is 12.7. The van der Waals surface area contributed by atoms with E-state index in [-0.39, 0.29) is 5.82 Å². The summed E-state index contributed by atoms with van der Waals surface area (Å²) in [5.41, 5.74) is 5.71. The number of likely N-dealkylation sites (tertiary alicyclic amines) is 1. The third-order valence-electron chi connectivity index (χ3n) is 7.43. The van der Waals surface area contributed by atoms with Gasteiger partial charge in [-0.05, 0) is 60.9 Å². The van der Waals surface area contributed by atoms with Gasteiger partial charge in [0.2, 0.25) is 0 Å². The summed E-state index contributed by atoms with van der Waals surface area (Å²) in [6, 6.07) is 22.6. The average Bonchev–Trinajstić information content (AvgIpc) is 3.31. The van der Waals surface area contributed by atoms with E-state index in [1.807, 2.05) is 18.2 Å². The fourth-order valence-corrected chi connectivity index (χ4v) is 5.61. The molecule has 0 amide bonds. The van der Waals surface area contributed by atoms with Crippen molar-refractivity contribution in [1.82, 2.24) is 4.90 Å². The first kappa shape index (κ1) is 22.4. The van der Waals surface area contributed by atoms with Gasteiger partial charge in [-0.2, -0.15) is 0 Å². The number of morpholine rings is 1. The van der Waals surface area contributed by atoms with Gasteiger partial charge in [0, 0.05) is 55.7 Å². The summed E-state index contributed by atoms with van der Waals surface area (Å²) in [5, 5.41) is 0. The zero-order valence-electron chi connectivity index (χ0n) is 20.0. The topological polar surface area (TPSA) is 28.2 Å². The van der Waals surface area contributed by atoms with Crippen LogP contribution in [-0.2, 0) is 17.8 Å². The Morgan fingerprint density at radius 2 is 1.77 bits per heavy atom. The van der Waals surface area contributed by atoms with Gasteiger partial charge < -0.3 is 24.2 Å². The molecule has 0 aromatic heterocycles. The van der Waals surface area contributed by atoms with Crippen LogP contribution in [0.3, 0.4) is 0 Å². The number of rotatable bonds is 5. The van der Waals surface area contributed by atoms with E-state index in [0.29, 0.717) is 12.6 Å². The molecule has 0 N–H and O–H groups in total. The Kier molecular flexibility index (Phi) is 6.32. The molecule has 6 rings (SSSR count). The van der Waals surface area contributed by atoms with Crippen molar-refractivity contribution in [3.63, 3.8) is 0 Å². The van der Waals surface area contributed by atoms with Gasteiger partial charge in [0.25, 0.3) is 0 Å². The molecule has 3 heterocycles. The van der Waals surface area contributed by atoms with Crippen LogP contribution < -0.4 is 14.5 Å². The van der Waals surface area contributed by atoms with Crippen LogP contribution in [-0.4, -0.2) is 56.9 Å². The highest BCUT2D eigenvalue weighted by Gasteiger charge is 2.33. The molecule has 0 spiro atoms. The number of hydrogen-bond donors (Lipinski definition) is 0. The van der Waals surface area contributed by atoms with E-state index in [9.17, 15) is 4.39 Å². The van der Waals surface area contributed by atoms with Crippen molar-refractivity contribution in [1.29, 1.82) is 0 Å². The zero-order valence-corrected chi connectivity index (χ0v) is 20.0. The summed E-state index contributed by atoms with van der Waals surface area (Å²) < 4.78 is 25.6. The van der Waals surface area contributed by atoms with E-state index in [1.165, 1.54) is 11.3 Å². The van der Waals surface area contributed by atoms with Gasteiger partial charge >= 0.3 is 0 Å². The van der Waals surface area contributed by atoms with Crippen LogP contribution in [0.4, 0.5) is 21.5 Å². The van der Waals surface area contributed by atoms with E-state index in [1.54, 1.807) is 12.1 Å². The lowest BCUT2D eigenvalue weighted by molar-refractivity contribution is 0.122. The molecule has 0 aliphatic carbocycles. The van der Waals surface area contributed by atoms with Crippen molar-refractivity contribution in [3.05, 3.63) is 83.7 Å². The maximum atomic E-state index is 14.0. The number of anilines is 3. The van der Waals surface area contributed by atoms with Crippen molar-refractivity contribution < 1.29 is 13.9 Å². The highest BCUT2D eigenvalue weighted by Crippen LogP contribution is 2.42. The first-order chi connectivity index (χ1) is 17.2. The Labute approximate surface area is 206 Å². The van der Waals surface area contributed by atoms with E-state index in [4.69, 9.17) is 9.47 Å². The van der Waals surface area contributed by atoms with Gasteiger partial charge in [-0.1, -0.05) is 24.3 Å². The molecule has 35 heavy (non-hydrogen) atoms. The highest BCUT2D eigenvalue weighted by atomic mass is 19.1. The van der Waals surface area contributed by atoms with Gasteiger partial charge in [0.05, 0.1) is 18.9 Å². The Bertz CT molecular complexity index is 1180. The van der Waals surface area contributed by atoms with Crippen LogP contribution in [0.2, 0.25) is 0 Å². The number of hydrogen-bond acceptors (Lipinski definition) is 5. The Hall–Kier alpha value is -3.09. The molecule has 3 aromatic rings. The van der Waals surface area contributed by atoms with E-state index in [2.05, 4.69) is 51.1 Å². The predicted octanol–water partition coefficient (Wildman–Crippen LogP) is 5.01. The van der Waals surface area contributed by atoms with Crippen LogP contribution in [0.25, 0.3) is 0 Å². The zero-order chi connectivity index (χ0) is 23.6. The predicted molar refractivity (Wildman–Crippen MR) is 137 cm³/mol. The van der Waals surface area contributed by atoms with E-state index in [0.717, 1.165) is 81.5 Å². The third kappa shape index (κ3) is 4.73. The van der Waals surface area contributed by atoms with E-state index < -0.39 is 0 Å². The van der Waals surface area contributed by atoms with Crippen LogP contribution in [0.5, 0.6) is 5.75 Å². The first-order valence-corrected chi connectivity index (χ1v) is 12.7. The second-order valence-electron chi connectivity index (χ2n) is 9.66. The lowest BCUT2D eigenvalue weighted by Crippen LogP contribution is -2.36. The molecule has 2 fully saturated rings. The Morgan fingerprint density at radius 1 is 0.886 bits per heavy atom. The molecule has 6 heteroatoms. The van der Waals surface area contributed by atoms with Crippen LogP contribution in [0.1, 0.15) is 17.5 Å². The van der Waals surface area contributed by atoms with Gasteiger partial charge in [-0.3, -0.25) is 0 Å². The minimum atomic E-state index is -0.217. The van der Waals surface area contributed by atoms with Crippen molar-refractivity contribution in [2.24, 2.45) is 0 Å². The molecular formula is C29H32FN3O2. The maximum absolute atomic E-state index is 14.0. The summed E-state index contributed by atoms with van der Waals surface area (Å²) in [4.78, 5) is 7.36. The number of fused-ring (bicyclic) bond motifs is 2. The van der Waals surface area contributed by atoms with Gasteiger partial charge in [0.15, 0.2) is 0 Å². The van der Waals surface area contributed by atoms with Gasteiger partial charge in [-0.25, -0.2) is 4.39 Å². The van der Waals surface area contributed by atoms with Crippen molar-refractivity contribution >= 4 is 17.1 Å². The number of ether oxygens (including phenoxy) is 2. The summed E-state index contributed by atoms with van der Waals surface area (Å²) in [7, 11) is 0. The van der Waals surface area contributed by atoms with Crippen molar-refractivity contribution in [2.75, 3.05) is 55.7 Å². The molecule has 3 aromatic carbocycles. The molecule has 0 radical (unpaired) electrons. The number of halogens is 1. The van der Waals surface area contributed by atoms with Crippen LogP contribution in [0.15, 0.2) is 66.7 Å². The molecule has 2 saturated heterocycles. The standard InChI is InChI=1S/C29H32FN3O2/c30-24-8-9-27-23(19-24)21-35-29-7-2-1-6-28(29)33(27)26-11-13-31(20-26)12-10-22-4-3-5-25(18-22)32-14-16-34-17-15-32/h1-9,18-19,26H,10-17,20-21H2. The van der Waals surface area contributed by atoms with E-state index >= 15 is 0 Å². The van der Waals surface area contributed by atoms with Crippen molar-refractivity contribution in [2.45, 2.75) is 25.5 Å². The minimum absolute atomic E-state index is 0.217. The minimum Gasteiger partial charge on any atom is -0.487 e. The lowest BCUT2D eigenvalue weighted by Gasteiger charge is -2.32. The maximum Gasteiger partial charge on any atom is 0.143 e. The van der Waals surface area contributed by atoms with Crippen molar-refractivity contribution in [3.8, 4) is 5.75 Å². The molecule has 3 aliphatic heterocycles. The van der Waals surface area contributed by atoms with Gasteiger partial charge in [-0.15, -0.1) is 0 Å². The Morgan fingerprint density at radius 3 is 2.69 bits per heavy atom. The van der Waals surface area contributed by atoms with Crippen LogP contribution >= 0.6 is 0 Å². The quantitative estimate of drug-likeness (QED) is 0.520. The number of para-hydroxylation sites is 2. The molecular weight excluding hydrogens is 441 g/mol. The highest BCUT2D eigenvalue weighted by molar-refractivity contribution is 5.73. The second-order valence-corrected chi connectivity index (χ2v) is 9.66. The molecule has 5 nitrogen and oxygen atoms in total. The SMILES string of the molecule is Fc1ccc2c(c1)COc1ccccc1N2C1CCN(CCc2cccc(N3CCOCC3)c2)C1. The largest absolute Gasteiger partial charge is 0.487 e. The molecule has 3 aliphatic rings. The fraction of sp³-hybridized carbons (Fsp3) is 0.379. The molecule has 0 saturated carbocycles. The summed E-state index contributed by atoms with van der Waals surface area (Å²) in [6.07, 6.45) is 2.10. The Balaban J connectivity index is 1.17. The molecule has 182 valence electrons. The third-order valence-corrected chi connectivity index (χ3v) is 7.43. The average molecular weight is 474 g/mol. The smallest absolute Gasteiger partial charge is 0.143 e. The molecule has 0 bridgehead atoms. The lowest BCUT2D eigenvalue weighted by atomic mass is 10.1. The number of benzene rings is 3. The van der Waals surface area contributed by atoms with Gasteiger partial charge in [0.1, 0.15) is 18.2 Å². The summed E-state index contributed by atoms with van der Waals surface area (Å²) in [5.74, 6) is 0.646. The van der Waals surface area contributed by atoms with Crippen LogP contribution in [0, 0.1) is 5.82 Å². The number of nitrogens with zero attached hydrogens (tertiary/aromatic N) is 3.